The Morgan fingerprint density at radius 1 is 1.11 bits per heavy atom. The molecule has 4 rings (SSSR count). The monoisotopic (exact) mass is 356 g/mol. The highest BCUT2D eigenvalue weighted by molar-refractivity contribution is 6.07. The van der Waals surface area contributed by atoms with E-state index in [1.54, 1.807) is 6.20 Å². The van der Waals surface area contributed by atoms with Crippen molar-refractivity contribution >= 4 is 16.8 Å². The summed E-state index contributed by atoms with van der Waals surface area (Å²) in [5, 5.41) is 3.83. The third-order valence-electron chi connectivity index (χ3n) is 4.57. The number of pyridine rings is 2. The molecule has 1 N–H and O–H groups in total. The SMILES string of the molecule is Cc1ccc2nc(-c3cccn3C)cc(C(=O)NCc3ccccn3)c2c1. The molecule has 0 fully saturated rings. The first-order valence-electron chi connectivity index (χ1n) is 8.83. The van der Waals surface area contributed by atoms with Crippen molar-refractivity contribution in [2.75, 3.05) is 0 Å². The fraction of sp³-hybridized carbons (Fsp3) is 0.136. The standard InChI is InChI=1S/C22H20N4O/c1-15-8-9-19-17(12-15)18(13-20(25-19)21-7-5-11-26(21)2)22(27)24-14-16-6-3-4-10-23-16/h3-13H,14H2,1-2H3,(H,24,27). The van der Waals surface area contributed by atoms with Gasteiger partial charge >= 0.3 is 0 Å². The molecular formula is C22H20N4O. The first kappa shape index (κ1) is 17.0. The van der Waals surface area contributed by atoms with Crippen molar-refractivity contribution < 1.29 is 4.79 Å². The van der Waals surface area contributed by atoms with Gasteiger partial charge in [0.1, 0.15) is 0 Å². The van der Waals surface area contributed by atoms with Gasteiger partial charge < -0.3 is 9.88 Å². The van der Waals surface area contributed by atoms with Gasteiger partial charge in [-0.2, -0.15) is 0 Å². The lowest BCUT2D eigenvalue weighted by Gasteiger charge is -2.11. The summed E-state index contributed by atoms with van der Waals surface area (Å²) in [4.78, 5) is 22.0. The van der Waals surface area contributed by atoms with E-state index in [1.165, 1.54) is 0 Å². The highest BCUT2D eigenvalue weighted by Gasteiger charge is 2.15. The Morgan fingerprint density at radius 3 is 2.74 bits per heavy atom. The van der Waals surface area contributed by atoms with E-state index in [1.807, 2.05) is 79.3 Å². The zero-order chi connectivity index (χ0) is 18.8. The molecular weight excluding hydrogens is 336 g/mol. The van der Waals surface area contributed by atoms with E-state index in [4.69, 9.17) is 4.98 Å². The van der Waals surface area contributed by atoms with Gasteiger partial charge in [-0.1, -0.05) is 17.7 Å². The molecule has 0 atom stereocenters. The number of carbonyl (C=O) groups excluding carboxylic acids is 1. The number of aryl methyl sites for hydroxylation is 2. The van der Waals surface area contributed by atoms with Crippen molar-refractivity contribution in [1.29, 1.82) is 0 Å². The van der Waals surface area contributed by atoms with Crippen LogP contribution in [0.3, 0.4) is 0 Å². The zero-order valence-electron chi connectivity index (χ0n) is 15.3. The molecule has 134 valence electrons. The van der Waals surface area contributed by atoms with Gasteiger partial charge in [0.15, 0.2) is 0 Å². The second kappa shape index (κ2) is 7.03. The first-order valence-corrected chi connectivity index (χ1v) is 8.83. The lowest BCUT2D eigenvalue weighted by molar-refractivity contribution is 0.0952. The second-order valence-electron chi connectivity index (χ2n) is 6.58. The minimum Gasteiger partial charge on any atom is -0.349 e. The molecule has 0 aliphatic heterocycles. The summed E-state index contributed by atoms with van der Waals surface area (Å²) < 4.78 is 2.00. The van der Waals surface area contributed by atoms with E-state index in [-0.39, 0.29) is 5.91 Å². The van der Waals surface area contributed by atoms with Crippen LogP contribution in [-0.2, 0) is 13.6 Å². The molecule has 3 aromatic heterocycles. The number of hydrogen-bond donors (Lipinski definition) is 1. The highest BCUT2D eigenvalue weighted by atomic mass is 16.1. The quantitative estimate of drug-likeness (QED) is 0.604. The van der Waals surface area contributed by atoms with E-state index in [0.29, 0.717) is 12.1 Å². The van der Waals surface area contributed by atoms with Gasteiger partial charge in [-0.3, -0.25) is 9.78 Å². The van der Waals surface area contributed by atoms with Crippen molar-refractivity contribution in [3.63, 3.8) is 0 Å². The average Bonchev–Trinajstić information content (AvgIpc) is 3.12. The minimum atomic E-state index is -0.130. The Hall–Kier alpha value is -3.47. The molecule has 0 aliphatic carbocycles. The lowest BCUT2D eigenvalue weighted by Crippen LogP contribution is -2.23. The van der Waals surface area contributed by atoms with Gasteiger partial charge in [0, 0.05) is 24.8 Å². The number of nitrogens with zero attached hydrogens (tertiary/aromatic N) is 3. The summed E-state index contributed by atoms with van der Waals surface area (Å²) >= 11 is 0. The third kappa shape index (κ3) is 3.44. The molecule has 0 unspecified atom stereocenters. The maximum absolute atomic E-state index is 13.0. The van der Waals surface area contributed by atoms with Crippen LogP contribution >= 0.6 is 0 Å². The molecule has 5 heteroatoms. The topological polar surface area (TPSA) is 59.8 Å². The van der Waals surface area contributed by atoms with E-state index >= 15 is 0 Å². The van der Waals surface area contributed by atoms with Crippen molar-refractivity contribution in [2.24, 2.45) is 7.05 Å². The van der Waals surface area contributed by atoms with Gasteiger partial charge in [-0.25, -0.2) is 4.98 Å². The highest BCUT2D eigenvalue weighted by Crippen LogP contribution is 2.26. The molecule has 3 heterocycles. The Bertz CT molecular complexity index is 1120. The van der Waals surface area contributed by atoms with Crippen molar-refractivity contribution in [3.05, 3.63) is 83.8 Å². The van der Waals surface area contributed by atoms with Crippen LogP contribution in [0.15, 0.2) is 67.0 Å². The molecule has 1 aromatic carbocycles. The van der Waals surface area contributed by atoms with Crippen LogP contribution in [0.1, 0.15) is 21.6 Å². The zero-order valence-corrected chi connectivity index (χ0v) is 15.3. The normalized spacial score (nSPS) is 10.9. The molecule has 0 spiro atoms. The number of hydrogen-bond acceptors (Lipinski definition) is 3. The fourth-order valence-corrected chi connectivity index (χ4v) is 3.15. The molecule has 27 heavy (non-hydrogen) atoms. The summed E-state index contributed by atoms with van der Waals surface area (Å²) in [6, 6.07) is 17.5. The van der Waals surface area contributed by atoms with Crippen LogP contribution in [0.25, 0.3) is 22.3 Å². The Labute approximate surface area is 157 Å². The number of aromatic nitrogens is 3. The summed E-state index contributed by atoms with van der Waals surface area (Å²) in [5.41, 5.74) is 5.09. The Kier molecular flexibility index (Phi) is 4.42. The van der Waals surface area contributed by atoms with Gasteiger partial charge in [0.25, 0.3) is 5.91 Å². The van der Waals surface area contributed by atoms with Gasteiger partial charge in [0.05, 0.1) is 34.7 Å². The summed E-state index contributed by atoms with van der Waals surface area (Å²) in [6.07, 6.45) is 3.69. The predicted octanol–water partition coefficient (Wildman–Crippen LogP) is 3.87. The van der Waals surface area contributed by atoms with Crippen molar-refractivity contribution in [3.8, 4) is 11.4 Å². The molecule has 1 amide bonds. The molecule has 0 bridgehead atoms. The Balaban J connectivity index is 1.76. The van der Waals surface area contributed by atoms with Crippen molar-refractivity contribution in [2.45, 2.75) is 13.5 Å². The first-order chi connectivity index (χ1) is 13.1. The molecule has 4 aromatic rings. The van der Waals surface area contributed by atoms with Gasteiger partial charge in [-0.05, 0) is 49.4 Å². The van der Waals surface area contributed by atoms with E-state index in [2.05, 4.69) is 10.3 Å². The molecule has 0 aliphatic rings. The molecule has 0 radical (unpaired) electrons. The number of fused-ring (bicyclic) bond motifs is 1. The number of carbonyl (C=O) groups is 1. The fourth-order valence-electron chi connectivity index (χ4n) is 3.15. The van der Waals surface area contributed by atoms with Crippen LogP contribution in [0.4, 0.5) is 0 Å². The third-order valence-corrected chi connectivity index (χ3v) is 4.57. The van der Waals surface area contributed by atoms with Crippen LogP contribution < -0.4 is 5.32 Å². The summed E-state index contributed by atoms with van der Waals surface area (Å²) in [7, 11) is 1.97. The molecule has 0 saturated carbocycles. The number of benzene rings is 1. The predicted molar refractivity (Wildman–Crippen MR) is 106 cm³/mol. The second-order valence-corrected chi connectivity index (χ2v) is 6.58. The van der Waals surface area contributed by atoms with E-state index in [0.717, 1.165) is 33.5 Å². The van der Waals surface area contributed by atoms with Gasteiger partial charge in [0.2, 0.25) is 0 Å². The summed E-state index contributed by atoms with van der Waals surface area (Å²) in [6.45, 7) is 2.40. The van der Waals surface area contributed by atoms with Crippen LogP contribution in [0, 0.1) is 6.92 Å². The lowest BCUT2D eigenvalue weighted by atomic mass is 10.0. The number of amides is 1. The minimum absolute atomic E-state index is 0.130. The number of nitrogens with one attached hydrogen (secondary N) is 1. The van der Waals surface area contributed by atoms with E-state index < -0.39 is 0 Å². The van der Waals surface area contributed by atoms with E-state index in [9.17, 15) is 4.79 Å². The van der Waals surface area contributed by atoms with Crippen LogP contribution in [0.2, 0.25) is 0 Å². The number of rotatable bonds is 4. The molecule has 5 nitrogen and oxygen atoms in total. The maximum Gasteiger partial charge on any atom is 0.252 e. The van der Waals surface area contributed by atoms with Crippen LogP contribution in [0.5, 0.6) is 0 Å². The smallest absolute Gasteiger partial charge is 0.252 e. The summed E-state index contributed by atoms with van der Waals surface area (Å²) in [5.74, 6) is -0.130. The van der Waals surface area contributed by atoms with Crippen LogP contribution in [-0.4, -0.2) is 20.4 Å². The largest absolute Gasteiger partial charge is 0.349 e. The molecule has 0 saturated heterocycles. The average molecular weight is 356 g/mol. The maximum atomic E-state index is 13.0. The van der Waals surface area contributed by atoms with Crippen molar-refractivity contribution in [1.82, 2.24) is 19.9 Å². The van der Waals surface area contributed by atoms with Gasteiger partial charge in [-0.15, -0.1) is 0 Å². The Morgan fingerprint density at radius 2 is 2.00 bits per heavy atom.